The number of phenols is 1. The SMILES string of the molecule is CC(=O)c1ccc(C(=O)O)c(-c2c3ccc(=O)cc-3oc3cc(O)ccc23)c1.CCC. The molecule has 31 heavy (non-hydrogen) atoms. The maximum atomic E-state index is 11.9. The topological polar surface area (TPSA) is 105 Å². The quantitative estimate of drug-likeness (QED) is 0.332. The van der Waals surface area contributed by atoms with Gasteiger partial charge in [0.2, 0.25) is 0 Å². The molecule has 2 aliphatic rings. The Kier molecular flexibility index (Phi) is 6.20. The summed E-state index contributed by atoms with van der Waals surface area (Å²) in [6.45, 7) is 5.65. The Balaban J connectivity index is 0.000000858. The van der Waals surface area contributed by atoms with Gasteiger partial charge in [-0.3, -0.25) is 9.59 Å². The van der Waals surface area contributed by atoms with Gasteiger partial charge in [-0.25, -0.2) is 4.79 Å². The third kappa shape index (κ3) is 4.33. The van der Waals surface area contributed by atoms with E-state index in [0.29, 0.717) is 27.6 Å². The molecule has 0 bridgehead atoms. The van der Waals surface area contributed by atoms with E-state index in [1.807, 2.05) is 0 Å². The van der Waals surface area contributed by atoms with Crippen molar-refractivity contribution in [3.05, 3.63) is 75.9 Å². The summed E-state index contributed by atoms with van der Waals surface area (Å²) in [7, 11) is 0. The lowest BCUT2D eigenvalue weighted by Gasteiger charge is -2.17. The Morgan fingerprint density at radius 3 is 2.29 bits per heavy atom. The molecule has 0 fully saturated rings. The molecular formula is C25H22O6. The van der Waals surface area contributed by atoms with Crippen molar-refractivity contribution in [3.8, 4) is 28.2 Å². The highest BCUT2D eigenvalue weighted by atomic mass is 16.4. The summed E-state index contributed by atoms with van der Waals surface area (Å²) in [4.78, 5) is 35.5. The van der Waals surface area contributed by atoms with E-state index in [4.69, 9.17) is 4.42 Å². The summed E-state index contributed by atoms with van der Waals surface area (Å²) in [6, 6.07) is 13.1. The minimum absolute atomic E-state index is 0.0121. The number of aromatic carboxylic acids is 1. The Morgan fingerprint density at radius 2 is 1.65 bits per heavy atom. The molecular weight excluding hydrogens is 396 g/mol. The van der Waals surface area contributed by atoms with Gasteiger partial charge in [0, 0.05) is 34.2 Å². The molecule has 0 atom stereocenters. The van der Waals surface area contributed by atoms with Crippen LogP contribution in [-0.2, 0) is 0 Å². The van der Waals surface area contributed by atoms with E-state index < -0.39 is 5.97 Å². The van der Waals surface area contributed by atoms with E-state index in [1.54, 1.807) is 12.1 Å². The number of carbonyl (C=O) groups excluding carboxylic acids is 1. The highest BCUT2D eigenvalue weighted by Crippen LogP contribution is 2.42. The minimum atomic E-state index is -1.15. The molecule has 2 aromatic rings. The molecule has 1 aliphatic carbocycles. The molecule has 0 saturated heterocycles. The molecule has 158 valence electrons. The molecule has 0 aromatic heterocycles. The van der Waals surface area contributed by atoms with Crippen molar-refractivity contribution in [2.75, 3.05) is 0 Å². The summed E-state index contributed by atoms with van der Waals surface area (Å²) >= 11 is 0. The number of ketones is 1. The fourth-order valence-electron chi connectivity index (χ4n) is 3.31. The van der Waals surface area contributed by atoms with Crippen LogP contribution in [0.3, 0.4) is 0 Å². The van der Waals surface area contributed by atoms with Gasteiger partial charge >= 0.3 is 5.97 Å². The zero-order chi connectivity index (χ0) is 22.7. The highest BCUT2D eigenvalue weighted by molar-refractivity contribution is 6.09. The van der Waals surface area contributed by atoms with Crippen LogP contribution in [0.5, 0.6) is 5.75 Å². The van der Waals surface area contributed by atoms with E-state index in [0.717, 1.165) is 0 Å². The van der Waals surface area contributed by atoms with Crippen molar-refractivity contribution in [1.82, 2.24) is 0 Å². The van der Waals surface area contributed by atoms with Crippen LogP contribution in [0.25, 0.3) is 33.4 Å². The molecule has 2 N–H and O–H groups in total. The molecule has 0 spiro atoms. The summed E-state index contributed by atoms with van der Waals surface area (Å²) in [6.07, 6.45) is 1.25. The predicted molar refractivity (Wildman–Crippen MR) is 119 cm³/mol. The van der Waals surface area contributed by atoms with Crippen LogP contribution in [0.15, 0.2) is 63.8 Å². The number of benzene rings is 3. The second kappa shape index (κ2) is 8.83. The van der Waals surface area contributed by atoms with E-state index in [9.17, 15) is 24.6 Å². The second-order valence-electron chi connectivity index (χ2n) is 7.14. The van der Waals surface area contributed by atoms with E-state index in [2.05, 4.69) is 13.8 Å². The zero-order valence-corrected chi connectivity index (χ0v) is 17.4. The lowest BCUT2D eigenvalue weighted by atomic mass is 9.89. The zero-order valence-electron chi connectivity index (χ0n) is 17.4. The molecule has 0 saturated carbocycles. The molecule has 0 radical (unpaired) electrons. The average Bonchev–Trinajstić information content (AvgIpc) is 2.71. The van der Waals surface area contributed by atoms with Crippen LogP contribution in [0.2, 0.25) is 0 Å². The number of Topliss-reactive ketones (excluding diaryl/α,β-unsaturated/α-hetero) is 1. The number of rotatable bonds is 3. The lowest BCUT2D eigenvalue weighted by molar-refractivity contribution is 0.0697. The van der Waals surface area contributed by atoms with E-state index in [-0.39, 0.29) is 33.9 Å². The summed E-state index contributed by atoms with van der Waals surface area (Å²) in [5.41, 5.74) is 1.77. The molecule has 2 aromatic carbocycles. The maximum Gasteiger partial charge on any atom is 0.336 e. The Morgan fingerprint density at radius 1 is 0.935 bits per heavy atom. The molecule has 6 nitrogen and oxygen atoms in total. The van der Waals surface area contributed by atoms with Gasteiger partial charge in [-0.05, 0) is 48.9 Å². The number of carboxylic acid groups (broad SMARTS) is 1. The van der Waals surface area contributed by atoms with Gasteiger partial charge in [-0.2, -0.15) is 0 Å². The molecule has 0 unspecified atom stereocenters. The van der Waals surface area contributed by atoms with Gasteiger partial charge < -0.3 is 14.6 Å². The van der Waals surface area contributed by atoms with Crippen LogP contribution in [-0.4, -0.2) is 22.0 Å². The maximum absolute atomic E-state index is 11.9. The summed E-state index contributed by atoms with van der Waals surface area (Å²) in [5, 5.41) is 20.1. The minimum Gasteiger partial charge on any atom is -0.508 e. The number of hydrogen-bond donors (Lipinski definition) is 2. The number of carboxylic acids is 1. The largest absolute Gasteiger partial charge is 0.508 e. The molecule has 1 aliphatic heterocycles. The number of phenolic OH excluding ortho intramolecular Hbond substituents is 1. The predicted octanol–water partition coefficient (Wildman–Crippen LogP) is 5.59. The third-order valence-electron chi connectivity index (χ3n) is 4.60. The van der Waals surface area contributed by atoms with E-state index in [1.165, 1.54) is 55.8 Å². The number of hydrogen-bond acceptors (Lipinski definition) is 5. The van der Waals surface area contributed by atoms with Crippen LogP contribution < -0.4 is 5.43 Å². The smallest absolute Gasteiger partial charge is 0.336 e. The van der Waals surface area contributed by atoms with E-state index >= 15 is 0 Å². The molecule has 4 rings (SSSR count). The summed E-state index contributed by atoms with van der Waals surface area (Å²) in [5.74, 6) is -1.13. The van der Waals surface area contributed by atoms with Crippen LogP contribution in [0.1, 0.15) is 47.9 Å². The Labute approximate surface area is 178 Å². The van der Waals surface area contributed by atoms with Gasteiger partial charge in [0.15, 0.2) is 11.2 Å². The number of carbonyl (C=O) groups is 2. The highest BCUT2D eigenvalue weighted by Gasteiger charge is 2.22. The first kappa shape index (κ1) is 21.8. The third-order valence-corrected chi connectivity index (χ3v) is 4.60. The van der Waals surface area contributed by atoms with Gasteiger partial charge in [0.05, 0.1) is 5.56 Å². The number of aromatic hydroxyl groups is 1. The van der Waals surface area contributed by atoms with Crippen LogP contribution >= 0.6 is 0 Å². The first-order valence-corrected chi connectivity index (χ1v) is 9.85. The van der Waals surface area contributed by atoms with Crippen molar-refractivity contribution in [1.29, 1.82) is 0 Å². The standard InChI is InChI=1S/C22H14O6.C3H8/c1-11(23)12-2-5-15(22(26)27)18(8-12)21-16-6-3-13(24)9-19(16)28-20-10-14(25)4-7-17(20)21;1-3-2/h2-10,24H,1H3,(H,26,27);3H2,1-2H3. The first-order chi connectivity index (χ1) is 14.8. The van der Waals surface area contributed by atoms with Crippen molar-refractivity contribution in [3.63, 3.8) is 0 Å². The Bertz CT molecular complexity index is 1320. The fraction of sp³-hybridized carbons (Fsp3) is 0.160. The normalized spacial score (nSPS) is 10.5. The second-order valence-corrected chi connectivity index (χ2v) is 7.14. The fourth-order valence-corrected chi connectivity index (χ4v) is 3.31. The van der Waals surface area contributed by atoms with Crippen molar-refractivity contribution in [2.45, 2.75) is 27.2 Å². The average molecular weight is 418 g/mol. The molecule has 0 amide bonds. The lowest BCUT2D eigenvalue weighted by Crippen LogP contribution is -2.05. The molecule has 1 heterocycles. The van der Waals surface area contributed by atoms with Gasteiger partial charge in [-0.1, -0.05) is 26.3 Å². The van der Waals surface area contributed by atoms with Gasteiger partial charge in [0.25, 0.3) is 0 Å². The monoisotopic (exact) mass is 418 g/mol. The molecule has 6 heteroatoms. The summed E-state index contributed by atoms with van der Waals surface area (Å²) < 4.78 is 5.77. The van der Waals surface area contributed by atoms with Gasteiger partial charge in [-0.15, -0.1) is 0 Å². The van der Waals surface area contributed by atoms with Crippen molar-refractivity contribution >= 4 is 22.7 Å². The van der Waals surface area contributed by atoms with Crippen molar-refractivity contribution < 1.29 is 24.2 Å². The number of fused-ring (bicyclic) bond motifs is 2. The first-order valence-electron chi connectivity index (χ1n) is 9.85. The Hall–Kier alpha value is -3.93. The van der Waals surface area contributed by atoms with Crippen molar-refractivity contribution in [2.24, 2.45) is 0 Å². The van der Waals surface area contributed by atoms with Crippen LogP contribution in [0.4, 0.5) is 0 Å². The van der Waals surface area contributed by atoms with Gasteiger partial charge in [0.1, 0.15) is 17.1 Å². The van der Waals surface area contributed by atoms with Crippen LogP contribution in [0, 0.1) is 0 Å².